The minimum absolute atomic E-state index is 0.0823. The average Bonchev–Trinajstić information content (AvgIpc) is 3.24. The van der Waals surface area contributed by atoms with Gasteiger partial charge in [-0.05, 0) is 12.1 Å². The van der Waals surface area contributed by atoms with Gasteiger partial charge in [0.25, 0.3) is 0 Å². The molecule has 2 amide bonds. The van der Waals surface area contributed by atoms with Crippen LogP contribution in [0.15, 0.2) is 30.3 Å². The Balaban J connectivity index is 1.69. The molecule has 9 heteroatoms. The standard InChI is InChI=1S/C17H20N4O4S/c22-7-9-25-8-6-18-16(23)17(24)19-15-13-10-26-11-14(13)20-21(15)12-4-2-1-3-5-12/h1-5,22H,6-11H2,(H,18,23)(H,19,24). The number of anilines is 1. The Morgan fingerprint density at radius 3 is 2.77 bits per heavy atom. The Labute approximate surface area is 154 Å². The molecule has 0 radical (unpaired) electrons. The number of hydrogen-bond donors (Lipinski definition) is 3. The lowest BCUT2D eigenvalue weighted by molar-refractivity contribution is -0.136. The number of carbonyl (C=O) groups excluding carboxylic acids is 2. The van der Waals surface area contributed by atoms with Crippen molar-refractivity contribution >= 4 is 29.4 Å². The largest absolute Gasteiger partial charge is 0.394 e. The fourth-order valence-corrected chi connectivity index (χ4v) is 3.58. The highest BCUT2D eigenvalue weighted by Crippen LogP contribution is 2.35. The molecule has 0 spiro atoms. The molecule has 26 heavy (non-hydrogen) atoms. The third-order valence-corrected chi connectivity index (χ3v) is 4.73. The van der Waals surface area contributed by atoms with Crippen LogP contribution >= 0.6 is 11.8 Å². The van der Waals surface area contributed by atoms with Crippen molar-refractivity contribution in [1.82, 2.24) is 15.1 Å². The number of amides is 2. The fourth-order valence-electron chi connectivity index (χ4n) is 2.55. The number of para-hydroxylation sites is 1. The van der Waals surface area contributed by atoms with Crippen molar-refractivity contribution in [3.63, 3.8) is 0 Å². The number of ether oxygens (including phenoxy) is 1. The summed E-state index contributed by atoms with van der Waals surface area (Å²) in [5.74, 6) is 0.579. The van der Waals surface area contributed by atoms with E-state index in [4.69, 9.17) is 9.84 Å². The van der Waals surface area contributed by atoms with Crippen molar-refractivity contribution in [2.75, 3.05) is 31.7 Å². The fraction of sp³-hybridized carbons (Fsp3) is 0.353. The van der Waals surface area contributed by atoms with Gasteiger partial charge in [0.2, 0.25) is 0 Å². The van der Waals surface area contributed by atoms with Crippen LogP contribution < -0.4 is 10.6 Å². The molecular formula is C17H20N4O4S. The molecule has 3 N–H and O–H groups in total. The molecule has 0 atom stereocenters. The molecule has 2 aromatic rings. The van der Waals surface area contributed by atoms with Crippen molar-refractivity contribution in [1.29, 1.82) is 0 Å². The summed E-state index contributed by atoms with van der Waals surface area (Å²) >= 11 is 1.72. The number of aromatic nitrogens is 2. The molecule has 1 aliphatic rings. The van der Waals surface area contributed by atoms with Gasteiger partial charge in [-0.2, -0.15) is 16.9 Å². The van der Waals surface area contributed by atoms with Crippen molar-refractivity contribution in [3.8, 4) is 5.69 Å². The second kappa shape index (κ2) is 8.84. The van der Waals surface area contributed by atoms with Gasteiger partial charge < -0.3 is 20.5 Å². The van der Waals surface area contributed by atoms with Crippen LogP contribution in [-0.2, 0) is 25.8 Å². The maximum absolute atomic E-state index is 12.3. The third kappa shape index (κ3) is 4.24. The smallest absolute Gasteiger partial charge is 0.314 e. The number of nitrogens with zero attached hydrogens (tertiary/aromatic N) is 2. The average molecular weight is 376 g/mol. The van der Waals surface area contributed by atoms with Crippen LogP contribution in [0.1, 0.15) is 11.3 Å². The summed E-state index contributed by atoms with van der Waals surface area (Å²) in [6.45, 7) is 0.537. The van der Waals surface area contributed by atoms with Crippen LogP contribution in [0.5, 0.6) is 0 Å². The molecule has 3 rings (SSSR count). The van der Waals surface area contributed by atoms with Gasteiger partial charge in [-0.3, -0.25) is 9.59 Å². The molecule has 1 aromatic heterocycles. The Kier molecular flexibility index (Phi) is 6.26. The summed E-state index contributed by atoms with van der Waals surface area (Å²) in [5, 5.41) is 18.4. The summed E-state index contributed by atoms with van der Waals surface area (Å²) in [7, 11) is 0. The zero-order valence-corrected chi connectivity index (χ0v) is 14.9. The van der Waals surface area contributed by atoms with Crippen molar-refractivity contribution in [3.05, 3.63) is 41.6 Å². The summed E-state index contributed by atoms with van der Waals surface area (Å²) in [6.07, 6.45) is 0. The molecule has 2 heterocycles. The Bertz CT molecular complexity index is 779. The molecule has 0 aliphatic carbocycles. The van der Waals surface area contributed by atoms with Crippen molar-refractivity contribution in [2.45, 2.75) is 11.5 Å². The predicted octanol–water partition coefficient (Wildman–Crippen LogP) is 0.683. The van der Waals surface area contributed by atoms with Crippen LogP contribution in [0.3, 0.4) is 0 Å². The SMILES string of the molecule is O=C(NCCOCCO)C(=O)Nc1c2c(nn1-c1ccccc1)CSC2. The summed E-state index contributed by atoms with van der Waals surface area (Å²) in [5.41, 5.74) is 2.69. The molecule has 0 unspecified atom stereocenters. The van der Waals surface area contributed by atoms with E-state index in [0.717, 1.165) is 28.5 Å². The highest BCUT2D eigenvalue weighted by atomic mass is 32.2. The monoisotopic (exact) mass is 376 g/mol. The van der Waals surface area contributed by atoms with Gasteiger partial charge in [0, 0.05) is 23.6 Å². The number of carbonyl (C=O) groups is 2. The van der Waals surface area contributed by atoms with Crippen LogP contribution in [0.4, 0.5) is 5.82 Å². The van der Waals surface area contributed by atoms with E-state index in [-0.39, 0.29) is 26.4 Å². The van der Waals surface area contributed by atoms with E-state index in [1.54, 1.807) is 16.4 Å². The van der Waals surface area contributed by atoms with Crippen molar-refractivity contribution in [2.24, 2.45) is 0 Å². The quantitative estimate of drug-likeness (QED) is 0.485. The summed E-state index contributed by atoms with van der Waals surface area (Å²) < 4.78 is 6.71. The molecule has 0 saturated heterocycles. The first-order valence-electron chi connectivity index (χ1n) is 8.22. The molecule has 0 saturated carbocycles. The predicted molar refractivity (Wildman–Crippen MR) is 98.1 cm³/mol. The lowest BCUT2D eigenvalue weighted by Crippen LogP contribution is -2.37. The van der Waals surface area contributed by atoms with Crippen molar-refractivity contribution < 1.29 is 19.4 Å². The van der Waals surface area contributed by atoms with Crippen LogP contribution in [-0.4, -0.2) is 53.1 Å². The third-order valence-electron chi connectivity index (χ3n) is 3.76. The number of hydrogen-bond acceptors (Lipinski definition) is 6. The van der Waals surface area contributed by atoms with Gasteiger partial charge in [0.1, 0.15) is 5.82 Å². The van der Waals surface area contributed by atoms with E-state index >= 15 is 0 Å². The summed E-state index contributed by atoms with van der Waals surface area (Å²) in [6, 6.07) is 9.47. The number of nitrogens with one attached hydrogen (secondary N) is 2. The Morgan fingerprint density at radius 1 is 1.19 bits per heavy atom. The lowest BCUT2D eigenvalue weighted by Gasteiger charge is -2.11. The van der Waals surface area contributed by atoms with E-state index in [2.05, 4.69) is 15.7 Å². The van der Waals surface area contributed by atoms with Crippen LogP contribution in [0.25, 0.3) is 5.69 Å². The van der Waals surface area contributed by atoms with Gasteiger partial charge in [0.15, 0.2) is 0 Å². The van der Waals surface area contributed by atoms with Gasteiger partial charge >= 0.3 is 11.8 Å². The number of rotatable bonds is 7. The molecular weight excluding hydrogens is 356 g/mol. The first kappa shape index (κ1) is 18.4. The lowest BCUT2D eigenvalue weighted by atomic mass is 10.2. The van der Waals surface area contributed by atoms with E-state index < -0.39 is 11.8 Å². The molecule has 0 bridgehead atoms. The zero-order chi connectivity index (χ0) is 18.4. The number of fused-ring (bicyclic) bond motifs is 1. The second-order valence-corrected chi connectivity index (χ2v) is 6.55. The van der Waals surface area contributed by atoms with Gasteiger partial charge in [-0.25, -0.2) is 4.68 Å². The molecule has 1 aliphatic heterocycles. The minimum Gasteiger partial charge on any atom is -0.394 e. The Morgan fingerprint density at radius 2 is 2.00 bits per heavy atom. The van der Waals surface area contributed by atoms with Gasteiger partial charge in [-0.15, -0.1) is 0 Å². The summed E-state index contributed by atoms with van der Waals surface area (Å²) in [4.78, 5) is 24.2. The normalized spacial score (nSPS) is 12.7. The highest BCUT2D eigenvalue weighted by molar-refractivity contribution is 7.98. The number of thioether (sulfide) groups is 1. The van der Waals surface area contributed by atoms with Crippen LogP contribution in [0.2, 0.25) is 0 Å². The van der Waals surface area contributed by atoms with E-state index in [1.165, 1.54) is 0 Å². The van der Waals surface area contributed by atoms with Gasteiger partial charge in [0.05, 0.1) is 31.2 Å². The number of aliphatic hydroxyl groups excluding tert-OH is 1. The highest BCUT2D eigenvalue weighted by Gasteiger charge is 2.26. The topological polar surface area (TPSA) is 105 Å². The van der Waals surface area contributed by atoms with E-state index in [1.807, 2.05) is 30.3 Å². The van der Waals surface area contributed by atoms with Gasteiger partial charge in [-0.1, -0.05) is 18.2 Å². The number of aliphatic hydroxyl groups is 1. The first-order chi connectivity index (χ1) is 12.7. The Hall–Kier alpha value is -2.36. The molecule has 138 valence electrons. The van der Waals surface area contributed by atoms with E-state index in [0.29, 0.717) is 5.82 Å². The molecule has 0 fully saturated rings. The molecule has 8 nitrogen and oxygen atoms in total. The minimum atomic E-state index is -0.746. The first-order valence-corrected chi connectivity index (χ1v) is 9.38. The maximum atomic E-state index is 12.3. The zero-order valence-electron chi connectivity index (χ0n) is 14.1. The van der Waals surface area contributed by atoms with E-state index in [9.17, 15) is 9.59 Å². The van der Waals surface area contributed by atoms with Crippen LogP contribution in [0, 0.1) is 0 Å². The molecule has 1 aromatic carbocycles. The maximum Gasteiger partial charge on any atom is 0.314 e. The second-order valence-electron chi connectivity index (χ2n) is 5.56. The number of benzene rings is 1.